The molecule has 1 heterocycles. The van der Waals surface area contributed by atoms with Gasteiger partial charge in [-0.05, 0) is 11.1 Å². The van der Waals surface area contributed by atoms with Crippen molar-refractivity contribution in [2.45, 2.75) is 19.6 Å². The number of benzene rings is 2. The van der Waals surface area contributed by atoms with Crippen molar-refractivity contribution in [2.75, 3.05) is 6.54 Å². The molecule has 0 bridgehead atoms. The highest BCUT2D eigenvalue weighted by molar-refractivity contribution is 5.75. The highest BCUT2D eigenvalue weighted by atomic mass is 16.6. The summed E-state index contributed by atoms with van der Waals surface area (Å²) >= 11 is 0. The Kier molecular flexibility index (Phi) is 4.12. The van der Waals surface area contributed by atoms with Crippen molar-refractivity contribution in [3.8, 4) is 0 Å². The summed E-state index contributed by atoms with van der Waals surface area (Å²) in [6, 6.07) is 16.9. The van der Waals surface area contributed by atoms with Crippen LogP contribution < -0.4 is 0 Å². The van der Waals surface area contributed by atoms with Gasteiger partial charge in [-0.2, -0.15) is 9.59 Å². The van der Waals surface area contributed by atoms with E-state index in [0.717, 1.165) is 16.7 Å². The van der Waals surface area contributed by atoms with Crippen LogP contribution in [0, 0.1) is 0 Å². The van der Waals surface area contributed by atoms with Crippen LogP contribution in [0.1, 0.15) is 16.7 Å². The smallest absolute Gasteiger partial charge is 0.435 e. The zero-order chi connectivity index (χ0) is 16.3. The number of quaternary nitrogens is 1. The van der Waals surface area contributed by atoms with E-state index in [-0.39, 0.29) is 19.7 Å². The molecule has 0 aliphatic carbocycles. The SMILES string of the molecule is O=C(O)[N+]1(C(=O)OCc2ccccc2)CCc2ccccc2C1. The van der Waals surface area contributed by atoms with E-state index >= 15 is 0 Å². The van der Waals surface area contributed by atoms with E-state index < -0.39 is 16.7 Å². The van der Waals surface area contributed by atoms with Gasteiger partial charge in [-0.25, -0.2) is 0 Å². The van der Waals surface area contributed by atoms with Crippen LogP contribution in [0.4, 0.5) is 9.59 Å². The largest absolute Gasteiger partial charge is 0.527 e. The summed E-state index contributed by atoms with van der Waals surface area (Å²) in [4.78, 5) is 24.3. The lowest BCUT2D eigenvalue weighted by molar-refractivity contribution is -0.801. The topological polar surface area (TPSA) is 63.6 Å². The van der Waals surface area contributed by atoms with E-state index in [9.17, 15) is 14.7 Å². The minimum Gasteiger partial charge on any atom is -0.435 e. The molecule has 3 rings (SSSR count). The maximum Gasteiger partial charge on any atom is 0.527 e. The van der Waals surface area contributed by atoms with Gasteiger partial charge in [-0.1, -0.05) is 54.6 Å². The fourth-order valence-electron chi connectivity index (χ4n) is 2.88. The van der Waals surface area contributed by atoms with E-state index in [1.807, 2.05) is 54.6 Å². The number of carboxylic acid groups (broad SMARTS) is 1. The highest BCUT2D eigenvalue weighted by Gasteiger charge is 2.49. The fourth-order valence-corrected chi connectivity index (χ4v) is 2.88. The van der Waals surface area contributed by atoms with Gasteiger partial charge in [0.1, 0.15) is 19.7 Å². The average Bonchev–Trinajstić information content (AvgIpc) is 2.59. The summed E-state index contributed by atoms with van der Waals surface area (Å²) in [5.74, 6) is 0. The quantitative estimate of drug-likeness (QED) is 0.861. The van der Waals surface area contributed by atoms with Gasteiger partial charge in [0.15, 0.2) is 0 Å². The van der Waals surface area contributed by atoms with Crippen molar-refractivity contribution in [1.29, 1.82) is 0 Å². The summed E-state index contributed by atoms with van der Waals surface area (Å²) in [5, 5.41) is 9.65. The lowest BCUT2D eigenvalue weighted by atomic mass is 9.98. The molecule has 0 spiro atoms. The second-order valence-electron chi connectivity index (χ2n) is 5.69. The van der Waals surface area contributed by atoms with Crippen LogP contribution in [0.2, 0.25) is 0 Å². The van der Waals surface area contributed by atoms with Gasteiger partial charge in [0, 0.05) is 12.0 Å². The van der Waals surface area contributed by atoms with Gasteiger partial charge in [0.25, 0.3) is 0 Å². The number of carbonyl (C=O) groups is 2. The van der Waals surface area contributed by atoms with Crippen LogP contribution in [0.15, 0.2) is 54.6 Å². The number of hydrogen-bond acceptors (Lipinski definition) is 3. The Hall–Kier alpha value is -2.66. The minimum atomic E-state index is -1.17. The molecule has 2 aromatic rings. The summed E-state index contributed by atoms with van der Waals surface area (Å²) in [5.41, 5.74) is 2.82. The number of rotatable bonds is 2. The van der Waals surface area contributed by atoms with Gasteiger partial charge in [0.05, 0.1) is 0 Å². The van der Waals surface area contributed by atoms with Crippen LogP contribution in [-0.4, -0.2) is 28.3 Å². The van der Waals surface area contributed by atoms with Crippen molar-refractivity contribution >= 4 is 12.2 Å². The van der Waals surface area contributed by atoms with E-state index in [2.05, 4.69) is 0 Å². The van der Waals surface area contributed by atoms with Crippen LogP contribution in [0.5, 0.6) is 0 Å². The molecule has 1 aliphatic heterocycles. The maximum absolute atomic E-state index is 12.5. The van der Waals surface area contributed by atoms with E-state index in [1.54, 1.807) is 0 Å². The molecule has 1 N–H and O–H groups in total. The minimum absolute atomic E-state index is 0.0780. The number of fused-ring (bicyclic) bond motifs is 1. The zero-order valence-electron chi connectivity index (χ0n) is 12.6. The third-order valence-corrected chi connectivity index (χ3v) is 4.24. The molecule has 118 valence electrons. The van der Waals surface area contributed by atoms with Gasteiger partial charge >= 0.3 is 12.2 Å². The first-order valence-corrected chi connectivity index (χ1v) is 7.50. The standard InChI is InChI=1S/C18H17NO4/c20-17(21)19(11-10-15-8-4-5-9-16(15)12-19)18(22)23-13-14-6-2-1-3-7-14/h1-9H,10-13H2/p+1. The predicted molar refractivity (Wildman–Crippen MR) is 83.6 cm³/mol. The lowest BCUT2D eigenvalue weighted by Crippen LogP contribution is -2.58. The van der Waals surface area contributed by atoms with E-state index in [4.69, 9.17) is 4.74 Å². The molecule has 2 amide bonds. The van der Waals surface area contributed by atoms with Gasteiger partial charge < -0.3 is 9.84 Å². The van der Waals surface area contributed by atoms with Crippen molar-refractivity contribution in [3.05, 3.63) is 71.3 Å². The van der Waals surface area contributed by atoms with E-state index in [1.165, 1.54) is 0 Å². The van der Waals surface area contributed by atoms with Crippen LogP contribution in [0.25, 0.3) is 0 Å². The Morgan fingerprint density at radius 2 is 1.65 bits per heavy atom. The lowest BCUT2D eigenvalue weighted by Gasteiger charge is -2.32. The first-order chi connectivity index (χ1) is 11.1. The molecule has 1 aliphatic rings. The summed E-state index contributed by atoms with van der Waals surface area (Å²) < 4.78 is 4.60. The van der Waals surface area contributed by atoms with Gasteiger partial charge in [0.2, 0.25) is 0 Å². The molecule has 5 heteroatoms. The molecule has 2 aromatic carbocycles. The monoisotopic (exact) mass is 312 g/mol. The van der Waals surface area contributed by atoms with Gasteiger partial charge in [-0.3, -0.25) is 0 Å². The third-order valence-electron chi connectivity index (χ3n) is 4.24. The molecular weight excluding hydrogens is 294 g/mol. The second-order valence-corrected chi connectivity index (χ2v) is 5.69. The zero-order valence-corrected chi connectivity index (χ0v) is 12.6. The Morgan fingerprint density at radius 3 is 2.35 bits per heavy atom. The van der Waals surface area contributed by atoms with Crippen molar-refractivity contribution in [3.63, 3.8) is 0 Å². The number of carbonyl (C=O) groups excluding carboxylic acids is 1. The van der Waals surface area contributed by atoms with Crippen molar-refractivity contribution < 1.29 is 23.9 Å². The van der Waals surface area contributed by atoms with Crippen LogP contribution >= 0.6 is 0 Å². The fraction of sp³-hybridized carbons (Fsp3) is 0.222. The Balaban J connectivity index is 1.79. The molecule has 5 nitrogen and oxygen atoms in total. The normalized spacial score (nSPS) is 19.7. The third kappa shape index (κ3) is 2.96. The Morgan fingerprint density at radius 1 is 1.00 bits per heavy atom. The summed E-state index contributed by atoms with van der Waals surface area (Å²) in [7, 11) is 0. The number of ether oxygens (including phenoxy) is 1. The summed E-state index contributed by atoms with van der Waals surface area (Å²) in [6.07, 6.45) is -1.34. The summed E-state index contributed by atoms with van der Waals surface area (Å²) in [6.45, 7) is 0.410. The molecule has 0 saturated heterocycles. The first kappa shape index (κ1) is 15.2. The maximum atomic E-state index is 12.5. The molecule has 0 radical (unpaired) electrons. The highest BCUT2D eigenvalue weighted by Crippen LogP contribution is 2.27. The molecule has 1 unspecified atom stereocenters. The van der Waals surface area contributed by atoms with E-state index in [0.29, 0.717) is 6.42 Å². The predicted octanol–water partition coefficient (Wildman–Crippen LogP) is 3.57. The number of amides is 2. The van der Waals surface area contributed by atoms with Gasteiger partial charge in [-0.15, -0.1) is 4.48 Å². The number of hydrogen-bond donors (Lipinski definition) is 1. The number of imide groups is 1. The molecule has 0 aromatic heterocycles. The van der Waals surface area contributed by atoms with Crippen molar-refractivity contribution in [2.24, 2.45) is 0 Å². The Bertz CT molecular complexity index is 729. The first-order valence-electron chi connectivity index (χ1n) is 7.50. The van der Waals surface area contributed by atoms with Crippen LogP contribution in [-0.2, 0) is 24.3 Å². The molecule has 0 saturated carbocycles. The Labute approximate surface area is 134 Å². The molecule has 1 atom stereocenters. The second kappa shape index (κ2) is 6.22. The number of nitrogens with zero attached hydrogens (tertiary/aromatic N) is 1. The molecule has 0 fully saturated rings. The molecular formula is C18H18NO4+. The van der Waals surface area contributed by atoms with Crippen LogP contribution in [0.3, 0.4) is 0 Å². The van der Waals surface area contributed by atoms with Crippen molar-refractivity contribution in [1.82, 2.24) is 0 Å². The average molecular weight is 312 g/mol. The molecule has 23 heavy (non-hydrogen) atoms.